The van der Waals surface area contributed by atoms with Crippen LogP contribution in [-0.2, 0) is 0 Å². The standard InChI is InChI=1S/C19H25N5O/c1-25-17-7-3-2-6-16(17)22-10-12-24(13-11-22)19-14-18(20-15-21-19)23-8-4-5-9-23/h2-3,6-7,14-15H,4-5,8-13H2,1H3. The molecule has 2 aromatic rings. The summed E-state index contributed by atoms with van der Waals surface area (Å²) in [5.41, 5.74) is 1.17. The van der Waals surface area contributed by atoms with Crippen LogP contribution < -0.4 is 19.4 Å². The van der Waals surface area contributed by atoms with E-state index in [-0.39, 0.29) is 0 Å². The smallest absolute Gasteiger partial charge is 0.142 e. The molecule has 2 fully saturated rings. The molecular formula is C19H25N5O. The molecule has 1 aromatic heterocycles. The van der Waals surface area contributed by atoms with Crippen LogP contribution in [0.3, 0.4) is 0 Å². The fraction of sp³-hybridized carbons (Fsp3) is 0.474. The van der Waals surface area contributed by atoms with E-state index >= 15 is 0 Å². The second-order valence-electron chi connectivity index (χ2n) is 6.57. The van der Waals surface area contributed by atoms with E-state index in [0.29, 0.717) is 0 Å². The molecule has 0 amide bonds. The van der Waals surface area contributed by atoms with Crippen molar-refractivity contribution in [1.29, 1.82) is 0 Å². The Kier molecular flexibility index (Phi) is 4.59. The lowest BCUT2D eigenvalue weighted by Crippen LogP contribution is -2.47. The van der Waals surface area contributed by atoms with Crippen LogP contribution in [0.2, 0.25) is 0 Å². The van der Waals surface area contributed by atoms with Crippen LogP contribution in [0.15, 0.2) is 36.7 Å². The van der Waals surface area contributed by atoms with Crippen molar-refractivity contribution in [3.05, 3.63) is 36.7 Å². The number of aromatic nitrogens is 2. The summed E-state index contributed by atoms with van der Waals surface area (Å²) in [6.45, 7) is 6.05. The lowest BCUT2D eigenvalue weighted by atomic mass is 10.2. The molecular weight excluding hydrogens is 314 g/mol. The first kappa shape index (κ1) is 16.0. The molecule has 0 N–H and O–H groups in total. The van der Waals surface area contributed by atoms with Crippen molar-refractivity contribution in [2.45, 2.75) is 12.8 Å². The molecule has 0 spiro atoms. The second-order valence-corrected chi connectivity index (χ2v) is 6.57. The maximum atomic E-state index is 5.50. The van der Waals surface area contributed by atoms with Gasteiger partial charge in [0, 0.05) is 45.3 Å². The molecule has 2 aliphatic heterocycles. The molecule has 0 radical (unpaired) electrons. The van der Waals surface area contributed by atoms with Gasteiger partial charge >= 0.3 is 0 Å². The zero-order chi connectivity index (χ0) is 17.1. The minimum absolute atomic E-state index is 0.939. The predicted octanol–water partition coefficient (Wildman–Crippen LogP) is 2.41. The van der Waals surface area contributed by atoms with Crippen LogP contribution >= 0.6 is 0 Å². The summed E-state index contributed by atoms with van der Waals surface area (Å²) in [6.07, 6.45) is 4.23. The highest BCUT2D eigenvalue weighted by atomic mass is 16.5. The van der Waals surface area contributed by atoms with Crippen molar-refractivity contribution in [2.24, 2.45) is 0 Å². The number of ether oxygens (including phenoxy) is 1. The van der Waals surface area contributed by atoms with Crippen LogP contribution in [0.1, 0.15) is 12.8 Å². The van der Waals surface area contributed by atoms with E-state index in [1.54, 1.807) is 13.4 Å². The molecule has 6 heteroatoms. The van der Waals surface area contributed by atoms with Gasteiger partial charge in [-0.3, -0.25) is 0 Å². The van der Waals surface area contributed by atoms with Crippen LogP contribution in [0.25, 0.3) is 0 Å². The summed E-state index contributed by atoms with van der Waals surface area (Å²) < 4.78 is 5.50. The highest BCUT2D eigenvalue weighted by Crippen LogP contribution is 2.29. The Morgan fingerprint density at radius 1 is 0.800 bits per heavy atom. The van der Waals surface area contributed by atoms with Gasteiger partial charge in [0.25, 0.3) is 0 Å². The van der Waals surface area contributed by atoms with Crippen LogP contribution in [-0.4, -0.2) is 56.3 Å². The topological polar surface area (TPSA) is 44.7 Å². The Balaban J connectivity index is 1.44. The Morgan fingerprint density at radius 2 is 1.40 bits per heavy atom. The number of benzene rings is 1. The van der Waals surface area contributed by atoms with E-state index in [1.165, 1.54) is 18.5 Å². The van der Waals surface area contributed by atoms with Gasteiger partial charge in [0.2, 0.25) is 0 Å². The number of rotatable bonds is 4. The van der Waals surface area contributed by atoms with Crippen molar-refractivity contribution >= 4 is 17.3 Å². The highest BCUT2D eigenvalue weighted by molar-refractivity contribution is 5.60. The van der Waals surface area contributed by atoms with Crippen molar-refractivity contribution in [1.82, 2.24) is 9.97 Å². The molecule has 2 saturated heterocycles. The van der Waals surface area contributed by atoms with Gasteiger partial charge in [-0.25, -0.2) is 9.97 Å². The molecule has 2 aliphatic rings. The SMILES string of the molecule is COc1ccccc1N1CCN(c2cc(N3CCCC3)ncn2)CC1. The number of para-hydroxylation sites is 2. The summed E-state index contributed by atoms with van der Waals surface area (Å²) >= 11 is 0. The Labute approximate surface area is 149 Å². The van der Waals surface area contributed by atoms with Crippen molar-refractivity contribution in [2.75, 3.05) is 61.1 Å². The largest absolute Gasteiger partial charge is 0.495 e. The third kappa shape index (κ3) is 3.34. The molecule has 25 heavy (non-hydrogen) atoms. The Morgan fingerprint density at radius 3 is 2.08 bits per heavy atom. The van der Waals surface area contributed by atoms with Gasteiger partial charge in [-0.15, -0.1) is 0 Å². The molecule has 0 saturated carbocycles. The van der Waals surface area contributed by atoms with Crippen LogP contribution in [0, 0.1) is 0 Å². The minimum atomic E-state index is 0.939. The number of hydrogen-bond acceptors (Lipinski definition) is 6. The van der Waals surface area contributed by atoms with Crippen molar-refractivity contribution in [3.8, 4) is 5.75 Å². The fourth-order valence-corrected chi connectivity index (χ4v) is 3.70. The van der Waals surface area contributed by atoms with E-state index in [9.17, 15) is 0 Å². The number of hydrogen-bond donors (Lipinski definition) is 0. The summed E-state index contributed by atoms with van der Waals surface area (Å²) in [5.74, 6) is 3.04. The fourth-order valence-electron chi connectivity index (χ4n) is 3.70. The molecule has 132 valence electrons. The maximum absolute atomic E-state index is 5.50. The van der Waals surface area contributed by atoms with Crippen molar-refractivity contribution < 1.29 is 4.74 Å². The van der Waals surface area contributed by atoms with Gasteiger partial charge in [0.15, 0.2) is 0 Å². The molecule has 0 unspecified atom stereocenters. The van der Waals surface area contributed by atoms with E-state index in [2.05, 4.69) is 42.9 Å². The van der Waals surface area contributed by atoms with E-state index in [4.69, 9.17) is 4.74 Å². The lowest BCUT2D eigenvalue weighted by molar-refractivity contribution is 0.413. The van der Waals surface area contributed by atoms with E-state index in [0.717, 1.165) is 56.7 Å². The Bertz CT molecular complexity index is 708. The third-order valence-electron chi connectivity index (χ3n) is 5.10. The van der Waals surface area contributed by atoms with Gasteiger partial charge in [-0.1, -0.05) is 12.1 Å². The van der Waals surface area contributed by atoms with Gasteiger partial charge in [-0.2, -0.15) is 0 Å². The molecule has 0 atom stereocenters. The average molecular weight is 339 g/mol. The predicted molar refractivity (Wildman–Crippen MR) is 101 cm³/mol. The van der Waals surface area contributed by atoms with Gasteiger partial charge < -0.3 is 19.4 Å². The maximum Gasteiger partial charge on any atom is 0.142 e. The molecule has 1 aromatic carbocycles. The van der Waals surface area contributed by atoms with E-state index < -0.39 is 0 Å². The lowest BCUT2D eigenvalue weighted by Gasteiger charge is -2.37. The molecule has 0 bridgehead atoms. The number of methoxy groups -OCH3 is 1. The van der Waals surface area contributed by atoms with Gasteiger partial charge in [-0.05, 0) is 25.0 Å². The first-order valence-corrected chi connectivity index (χ1v) is 9.05. The van der Waals surface area contributed by atoms with Crippen molar-refractivity contribution in [3.63, 3.8) is 0 Å². The van der Waals surface area contributed by atoms with Crippen LogP contribution in [0.5, 0.6) is 5.75 Å². The quantitative estimate of drug-likeness (QED) is 0.852. The summed E-state index contributed by atoms with van der Waals surface area (Å²) in [7, 11) is 1.73. The molecule has 4 rings (SSSR count). The first-order chi connectivity index (χ1) is 12.3. The summed E-state index contributed by atoms with van der Waals surface area (Å²) in [4.78, 5) is 16.1. The Hall–Kier alpha value is -2.50. The summed E-state index contributed by atoms with van der Waals surface area (Å²) in [5, 5.41) is 0. The first-order valence-electron chi connectivity index (χ1n) is 9.05. The zero-order valence-electron chi connectivity index (χ0n) is 14.8. The highest BCUT2D eigenvalue weighted by Gasteiger charge is 2.22. The van der Waals surface area contributed by atoms with E-state index in [1.807, 2.05) is 12.1 Å². The average Bonchev–Trinajstić information content (AvgIpc) is 3.23. The number of nitrogens with zero attached hydrogens (tertiary/aromatic N) is 5. The molecule has 6 nitrogen and oxygen atoms in total. The monoisotopic (exact) mass is 339 g/mol. The molecule has 3 heterocycles. The third-order valence-corrected chi connectivity index (χ3v) is 5.10. The minimum Gasteiger partial charge on any atom is -0.495 e. The van der Waals surface area contributed by atoms with Crippen LogP contribution in [0.4, 0.5) is 17.3 Å². The molecule has 0 aliphatic carbocycles. The normalized spacial score (nSPS) is 17.9. The van der Waals surface area contributed by atoms with Gasteiger partial charge in [0.1, 0.15) is 23.7 Å². The number of anilines is 3. The summed E-state index contributed by atoms with van der Waals surface area (Å²) in [6, 6.07) is 10.4. The van der Waals surface area contributed by atoms with Gasteiger partial charge in [0.05, 0.1) is 12.8 Å². The second kappa shape index (κ2) is 7.17. The number of piperazine rings is 1. The zero-order valence-corrected chi connectivity index (χ0v) is 14.8.